The second-order valence-electron chi connectivity index (χ2n) is 8.29. The molecule has 3 fully saturated rings. The number of nitro groups is 1. The molecule has 8 heteroatoms. The predicted octanol–water partition coefficient (Wildman–Crippen LogP) is 3.96. The van der Waals surface area contributed by atoms with E-state index in [9.17, 15) is 19.7 Å². The molecular formula is C21H19BrN2O5. The van der Waals surface area contributed by atoms with Crippen LogP contribution in [0, 0.1) is 22.0 Å². The molecule has 3 saturated heterocycles. The number of ether oxygens (including phenoxy) is 1. The van der Waals surface area contributed by atoms with E-state index in [0.29, 0.717) is 28.2 Å². The maximum Gasteiger partial charge on any atom is 0.277 e. The standard InChI is InChI=1S/C21H19BrN2O5/c1-20-8-9-21(29-20,10-11-22)17-16(20)18(25)23(19(17)26)14-6-7-15(24(27)28)13-5-3-2-4-12(13)14/h2-7,16-17H,8-11H2,1H3/t16-,17+,20-,21-/m1/s1. The molecule has 0 saturated carbocycles. The Bertz CT molecular complexity index is 1080. The van der Waals surface area contributed by atoms with Crippen molar-refractivity contribution in [3.63, 3.8) is 0 Å². The van der Waals surface area contributed by atoms with Crippen LogP contribution in [0.1, 0.15) is 26.2 Å². The number of nitrogens with zero attached hydrogens (tertiary/aromatic N) is 2. The number of anilines is 1. The first kappa shape index (κ1) is 18.7. The summed E-state index contributed by atoms with van der Waals surface area (Å²) < 4.78 is 6.33. The van der Waals surface area contributed by atoms with E-state index in [-0.39, 0.29) is 17.5 Å². The molecule has 0 spiro atoms. The van der Waals surface area contributed by atoms with Gasteiger partial charge in [-0.25, -0.2) is 4.90 Å². The third-order valence-corrected chi connectivity index (χ3v) is 7.24. The van der Waals surface area contributed by atoms with E-state index in [1.165, 1.54) is 17.0 Å². The summed E-state index contributed by atoms with van der Waals surface area (Å²) in [5, 5.41) is 13.0. The summed E-state index contributed by atoms with van der Waals surface area (Å²) in [6.07, 6.45) is 2.16. The molecule has 3 heterocycles. The van der Waals surface area contributed by atoms with Gasteiger partial charge in [0.05, 0.1) is 39.0 Å². The van der Waals surface area contributed by atoms with E-state index in [4.69, 9.17) is 4.74 Å². The van der Waals surface area contributed by atoms with Gasteiger partial charge in [0.1, 0.15) is 0 Å². The molecule has 3 aliphatic heterocycles. The fourth-order valence-corrected chi connectivity index (χ4v) is 6.30. The minimum Gasteiger partial charge on any atom is -0.367 e. The number of rotatable bonds is 4. The number of halogens is 1. The van der Waals surface area contributed by atoms with Gasteiger partial charge >= 0.3 is 0 Å². The Morgan fingerprint density at radius 3 is 2.52 bits per heavy atom. The Hall–Kier alpha value is -2.32. The molecule has 2 aromatic carbocycles. The monoisotopic (exact) mass is 458 g/mol. The molecule has 0 unspecified atom stereocenters. The van der Waals surface area contributed by atoms with Gasteiger partial charge in [-0.15, -0.1) is 0 Å². The molecule has 29 heavy (non-hydrogen) atoms. The van der Waals surface area contributed by atoms with Crippen LogP contribution in [0.4, 0.5) is 11.4 Å². The maximum atomic E-state index is 13.5. The van der Waals surface area contributed by atoms with Gasteiger partial charge in [-0.05, 0) is 38.3 Å². The van der Waals surface area contributed by atoms with Gasteiger partial charge in [0.25, 0.3) is 5.69 Å². The highest BCUT2D eigenvalue weighted by atomic mass is 79.9. The molecule has 0 N–H and O–H groups in total. The van der Waals surface area contributed by atoms with Crippen LogP contribution in [0.5, 0.6) is 0 Å². The molecule has 7 nitrogen and oxygen atoms in total. The first-order chi connectivity index (χ1) is 13.8. The highest BCUT2D eigenvalue weighted by Gasteiger charge is 2.73. The number of carbonyl (C=O) groups is 2. The van der Waals surface area contributed by atoms with Crippen LogP contribution in [-0.4, -0.2) is 33.3 Å². The Labute approximate surface area is 175 Å². The topological polar surface area (TPSA) is 89.8 Å². The van der Waals surface area contributed by atoms with Gasteiger partial charge in [0.2, 0.25) is 11.8 Å². The largest absolute Gasteiger partial charge is 0.367 e. The lowest BCUT2D eigenvalue weighted by molar-refractivity contribution is -0.383. The van der Waals surface area contributed by atoms with Gasteiger partial charge < -0.3 is 4.74 Å². The van der Waals surface area contributed by atoms with E-state index in [1.54, 1.807) is 24.3 Å². The number of hydrogen-bond donors (Lipinski definition) is 0. The van der Waals surface area contributed by atoms with Crippen molar-refractivity contribution in [1.29, 1.82) is 0 Å². The SMILES string of the molecule is C[C@]12CC[C@](CCBr)(O1)[C@@H]1C(=O)N(c3ccc([N+](=O)[O-])c4ccccc34)C(=O)[C@@H]12. The molecule has 0 radical (unpaired) electrons. The molecule has 3 aliphatic rings. The number of imide groups is 1. The number of hydrogen-bond acceptors (Lipinski definition) is 5. The first-order valence-corrected chi connectivity index (χ1v) is 10.8. The summed E-state index contributed by atoms with van der Waals surface area (Å²) in [6.45, 7) is 1.93. The number of alkyl halides is 1. The van der Waals surface area contributed by atoms with Crippen LogP contribution in [0.2, 0.25) is 0 Å². The fourth-order valence-electron chi connectivity index (χ4n) is 5.63. The lowest BCUT2D eigenvalue weighted by Crippen LogP contribution is -2.42. The molecule has 150 valence electrons. The second-order valence-corrected chi connectivity index (χ2v) is 9.09. The van der Waals surface area contributed by atoms with Crippen molar-refractivity contribution in [2.24, 2.45) is 11.8 Å². The first-order valence-electron chi connectivity index (χ1n) is 9.63. The van der Waals surface area contributed by atoms with Gasteiger partial charge in [0.15, 0.2) is 0 Å². The quantitative estimate of drug-likeness (QED) is 0.299. The minimum absolute atomic E-state index is 0.0465. The zero-order valence-corrected chi connectivity index (χ0v) is 17.3. The minimum atomic E-state index is -0.648. The zero-order valence-electron chi connectivity index (χ0n) is 15.8. The highest BCUT2D eigenvalue weighted by Crippen LogP contribution is 2.62. The Morgan fingerprint density at radius 1 is 1.14 bits per heavy atom. The smallest absolute Gasteiger partial charge is 0.277 e. The van der Waals surface area contributed by atoms with Crippen molar-refractivity contribution in [2.75, 3.05) is 10.2 Å². The molecule has 2 bridgehead atoms. The molecular weight excluding hydrogens is 440 g/mol. The zero-order chi connectivity index (χ0) is 20.6. The average molecular weight is 459 g/mol. The van der Waals surface area contributed by atoms with Crippen molar-refractivity contribution < 1.29 is 19.2 Å². The number of non-ortho nitro benzene ring substituents is 1. The second kappa shape index (κ2) is 6.09. The third kappa shape index (κ3) is 2.33. The lowest BCUT2D eigenvalue weighted by Gasteiger charge is -2.30. The number of fused-ring (bicyclic) bond motifs is 6. The van der Waals surface area contributed by atoms with Gasteiger partial charge in [-0.1, -0.05) is 34.1 Å². The third-order valence-electron chi connectivity index (χ3n) is 6.85. The van der Waals surface area contributed by atoms with Gasteiger partial charge in [-0.3, -0.25) is 19.7 Å². The van der Waals surface area contributed by atoms with E-state index < -0.39 is 28.0 Å². The fraction of sp³-hybridized carbons (Fsp3) is 0.429. The Kier molecular flexibility index (Phi) is 3.93. The number of nitro benzene ring substituents is 1. The van der Waals surface area contributed by atoms with Gasteiger partial charge in [-0.2, -0.15) is 0 Å². The number of amides is 2. The molecule has 4 atom stereocenters. The molecule has 0 aromatic heterocycles. The summed E-state index contributed by atoms with van der Waals surface area (Å²) in [4.78, 5) is 39.2. The summed E-state index contributed by atoms with van der Waals surface area (Å²) in [6, 6.07) is 9.70. The Balaban J connectivity index is 1.66. The van der Waals surface area contributed by atoms with E-state index in [2.05, 4.69) is 15.9 Å². The number of carbonyl (C=O) groups excluding carboxylic acids is 2. The van der Waals surface area contributed by atoms with Crippen molar-refractivity contribution in [3.05, 3.63) is 46.5 Å². The van der Waals surface area contributed by atoms with Crippen LogP contribution >= 0.6 is 15.9 Å². The molecule has 2 amide bonds. The van der Waals surface area contributed by atoms with Crippen molar-refractivity contribution in [1.82, 2.24) is 0 Å². The van der Waals surface area contributed by atoms with Gasteiger partial charge in [0, 0.05) is 16.8 Å². The average Bonchev–Trinajstić information content (AvgIpc) is 3.26. The summed E-state index contributed by atoms with van der Waals surface area (Å²) >= 11 is 3.46. The highest BCUT2D eigenvalue weighted by molar-refractivity contribution is 9.09. The molecule has 0 aliphatic carbocycles. The van der Waals surface area contributed by atoms with Crippen LogP contribution in [0.25, 0.3) is 10.8 Å². The van der Waals surface area contributed by atoms with Crippen LogP contribution in [0.3, 0.4) is 0 Å². The van der Waals surface area contributed by atoms with Crippen molar-refractivity contribution in [3.8, 4) is 0 Å². The van der Waals surface area contributed by atoms with Crippen molar-refractivity contribution in [2.45, 2.75) is 37.4 Å². The van der Waals surface area contributed by atoms with E-state index >= 15 is 0 Å². The van der Waals surface area contributed by atoms with E-state index in [1.807, 2.05) is 6.92 Å². The summed E-state index contributed by atoms with van der Waals surface area (Å²) in [5.74, 6) is -1.56. The molecule has 2 aromatic rings. The molecule has 5 rings (SSSR count). The van der Waals surface area contributed by atoms with Crippen molar-refractivity contribution >= 4 is 49.9 Å². The van der Waals surface area contributed by atoms with Crippen LogP contribution in [0.15, 0.2) is 36.4 Å². The van der Waals surface area contributed by atoms with Crippen LogP contribution < -0.4 is 4.90 Å². The Morgan fingerprint density at radius 2 is 1.83 bits per heavy atom. The lowest BCUT2D eigenvalue weighted by atomic mass is 9.67. The summed E-state index contributed by atoms with van der Waals surface area (Å²) in [5.41, 5.74) is -0.909. The maximum absolute atomic E-state index is 13.5. The van der Waals surface area contributed by atoms with E-state index in [0.717, 1.165) is 12.8 Å². The van der Waals surface area contributed by atoms with Crippen LogP contribution in [-0.2, 0) is 14.3 Å². The number of benzene rings is 2. The normalized spacial score (nSPS) is 33.0. The summed E-state index contributed by atoms with van der Waals surface area (Å²) in [7, 11) is 0. The predicted molar refractivity (Wildman–Crippen MR) is 110 cm³/mol.